The first-order valence-corrected chi connectivity index (χ1v) is 7.12. The molecule has 0 N–H and O–H groups in total. The summed E-state index contributed by atoms with van der Waals surface area (Å²) in [7, 11) is 0. The lowest BCUT2D eigenvalue weighted by Gasteiger charge is -2.22. The highest BCUT2D eigenvalue weighted by Crippen LogP contribution is 2.40. The predicted octanol–water partition coefficient (Wildman–Crippen LogP) is 3.01. The molecule has 0 radical (unpaired) electrons. The van der Waals surface area contributed by atoms with Gasteiger partial charge in [-0.2, -0.15) is 0 Å². The lowest BCUT2D eigenvalue weighted by atomic mass is 9.78. The van der Waals surface area contributed by atoms with Crippen molar-refractivity contribution in [1.29, 1.82) is 0 Å². The molecule has 104 valence electrons. The molecule has 0 bridgehead atoms. The number of hydrogen-bond donors (Lipinski definition) is 0. The normalized spacial score (nSPS) is 28.9. The number of imide groups is 1. The largest absolute Gasteiger partial charge is 0.274 e. The van der Waals surface area contributed by atoms with Gasteiger partial charge in [-0.05, 0) is 49.4 Å². The molecule has 1 aliphatic carbocycles. The maximum Gasteiger partial charge on any atom is 0.238 e. The molecule has 1 aromatic carbocycles. The van der Waals surface area contributed by atoms with Crippen LogP contribution in [0.1, 0.15) is 24.5 Å². The minimum absolute atomic E-state index is 0.0416. The second kappa shape index (κ2) is 4.58. The summed E-state index contributed by atoms with van der Waals surface area (Å²) in [5.41, 5.74) is 2.98. The van der Waals surface area contributed by atoms with Gasteiger partial charge in [0, 0.05) is 0 Å². The van der Waals surface area contributed by atoms with Crippen molar-refractivity contribution < 1.29 is 9.59 Å². The second-order valence-electron chi connectivity index (χ2n) is 5.94. The van der Waals surface area contributed by atoms with Crippen LogP contribution in [0.4, 0.5) is 5.69 Å². The van der Waals surface area contributed by atoms with Gasteiger partial charge in [0.2, 0.25) is 11.8 Å². The van der Waals surface area contributed by atoms with E-state index in [1.165, 1.54) is 10.5 Å². The highest BCUT2D eigenvalue weighted by atomic mass is 16.2. The zero-order valence-corrected chi connectivity index (χ0v) is 12.1. The molecule has 3 nitrogen and oxygen atoms in total. The van der Waals surface area contributed by atoms with Crippen molar-refractivity contribution in [1.82, 2.24) is 0 Å². The maximum absolute atomic E-state index is 12.6. The van der Waals surface area contributed by atoms with Gasteiger partial charge in [0.25, 0.3) is 0 Å². The SMILES string of the molecule is Cc1ccc(N2C(=O)[C@@H]3[C@H](C)C=CC[C@H]3C2=O)cc1C. The standard InChI is InChI=1S/C17H19NO2/c1-10-7-8-13(9-12(10)3)18-16(19)14-6-4-5-11(2)15(14)17(18)20/h4-5,7-9,11,14-15H,6H2,1-3H3/t11-,14-,15-/m1/s1. The number of amides is 2. The first kappa shape index (κ1) is 13.1. The van der Waals surface area contributed by atoms with Crippen LogP contribution in [-0.4, -0.2) is 11.8 Å². The fourth-order valence-corrected chi connectivity index (χ4v) is 3.27. The van der Waals surface area contributed by atoms with Crippen molar-refractivity contribution >= 4 is 17.5 Å². The van der Waals surface area contributed by atoms with Gasteiger partial charge in [-0.25, -0.2) is 0 Å². The third-order valence-corrected chi connectivity index (χ3v) is 4.62. The molecule has 1 aromatic rings. The minimum atomic E-state index is -0.186. The molecule has 2 aliphatic rings. The van der Waals surface area contributed by atoms with Gasteiger partial charge in [0.05, 0.1) is 17.5 Å². The number of anilines is 1. The molecule has 3 atom stereocenters. The third kappa shape index (κ3) is 1.80. The summed E-state index contributed by atoms with van der Waals surface area (Å²) in [6.45, 7) is 6.04. The van der Waals surface area contributed by atoms with E-state index < -0.39 is 0 Å². The maximum atomic E-state index is 12.6. The van der Waals surface area contributed by atoms with Crippen molar-refractivity contribution in [2.24, 2.45) is 17.8 Å². The molecule has 0 unspecified atom stereocenters. The number of hydrogen-bond acceptors (Lipinski definition) is 2. The molecular weight excluding hydrogens is 250 g/mol. The Morgan fingerprint density at radius 3 is 2.50 bits per heavy atom. The zero-order chi connectivity index (χ0) is 14.4. The van der Waals surface area contributed by atoms with E-state index in [1.54, 1.807) is 0 Å². The lowest BCUT2D eigenvalue weighted by molar-refractivity contribution is -0.122. The fourth-order valence-electron chi connectivity index (χ4n) is 3.27. The van der Waals surface area contributed by atoms with Gasteiger partial charge in [0.1, 0.15) is 0 Å². The Morgan fingerprint density at radius 2 is 1.85 bits per heavy atom. The summed E-state index contributed by atoms with van der Waals surface area (Å²) in [4.78, 5) is 26.6. The van der Waals surface area contributed by atoms with Gasteiger partial charge < -0.3 is 0 Å². The van der Waals surface area contributed by atoms with E-state index in [9.17, 15) is 9.59 Å². The lowest BCUT2D eigenvalue weighted by Crippen LogP contribution is -2.31. The van der Waals surface area contributed by atoms with Crippen molar-refractivity contribution in [3.05, 3.63) is 41.5 Å². The minimum Gasteiger partial charge on any atom is -0.274 e. The van der Waals surface area contributed by atoms with Crippen molar-refractivity contribution in [3.63, 3.8) is 0 Å². The molecule has 1 heterocycles. The summed E-state index contributed by atoms with van der Waals surface area (Å²) >= 11 is 0. The van der Waals surface area contributed by atoms with E-state index >= 15 is 0 Å². The molecule has 20 heavy (non-hydrogen) atoms. The zero-order valence-electron chi connectivity index (χ0n) is 12.1. The average molecular weight is 269 g/mol. The van der Waals surface area contributed by atoms with Gasteiger partial charge in [0.15, 0.2) is 0 Å². The number of fused-ring (bicyclic) bond motifs is 1. The number of carbonyl (C=O) groups excluding carboxylic acids is 2. The Bertz CT molecular complexity index is 617. The van der Waals surface area contributed by atoms with E-state index in [1.807, 2.05) is 45.0 Å². The van der Waals surface area contributed by atoms with Gasteiger partial charge >= 0.3 is 0 Å². The number of aryl methyl sites for hydroxylation is 2. The summed E-state index contributed by atoms with van der Waals surface area (Å²) in [5.74, 6) is -0.306. The van der Waals surface area contributed by atoms with Crippen LogP contribution in [0.15, 0.2) is 30.4 Å². The monoisotopic (exact) mass is 269 g/mol. The summed E-state index contributed by atoms with van der Waals surface area (Å²) in [6.07, 6.45) is 4.76. The predicted molar refractivity (Wildman–Crippen MR) is 78.3 cm³/mol. The van der Waals surface area contributed by atoms with E-state index in [-0.39, 0.29) is 29.6 Å². The average Bonchev–Trinajstić information content (AvgIpc) is 2.67. The Labute approximate surface area is 119 Å². The van der Waals surface area contributed by atoms with Crippen LogP contribution in [0.25, 0.3) is 0 Å². The number of benzene rings is 1. The molecule has 3 heteroatoms. The highest BCUT2D eigenvalue weighted by molar-refractivity contribution is 6.22. The summed E-state index contributed by atoms with van der Waals surface area (Å²) in [6, 6.07) is 5.77. The number of allylic oxidation sites excluding steroid dienone is 2. The van der Waals surface area contributed by atoms with E-state index in [4.69, 9.17) is 0 Å². The highest BCUT2D eigenvalue weighted by Gasteiger charge is 2.50. The molecular formula is C17H19NO2. The van der Waals surface area contributed by atoms with Crippen LogP contribution < -0.4 is 4.90 Å². The van der Waals surface area contributed by atoms with Crippen molar-refractivity contribution in [2.45, 2.75) is 27.2 Å². The van der Waals surface area contributed by atoms with Crippen LogP contribution >= 0.6 is 0 Å². The smallest absolute Gasteiger partial charge is 0.238 e. The van der Waals surface area contributed by atoms with Crippen LogP contribution in [0, 0.1) is 31.6 Å². The van der Waals surface area contributed by atoms with Crippen molar-refractivity contribution in [3.8, 4) is 0 Å². The first-order chi connectivity index (χ1) is 9.50. The molecule has 0 spiro atoms. The molecule has 0 aromatic heterocycles. The molecule has 3 rings (SSSR count). The molecule has 1 saturated heterocycles. The quantitative estimate of drug-likeness (QED) is 0.580. The van der Waals surface area contributed by atoms with Gasteiger partial charge in [-0.1, -0.05) is 25.1 Å². The Balaban J connectivity index is 2.01. The van der Waals surface area contributed by atoms with Crippen LogP contribution in [0.2, 0.25) is 0 Å². The fraction of sp³-hybridized carbons (Fsp3) is 0.412. The van der Waals surface area contributed by atoms with E-state index in [0.29, 0.717) is 12.1 Å². The second-order valence-corrected chi connectivity index (χ2v) is 5.94. The molecule has 2 amide bonds. The molecule has 1 fully saturated rings. The Kier molecular flexibility index (Phi) is 3.00. The number of rotatable bonds is 1. The number of nitrogens with zero attached hydrogens (tertiary/aromatic N) is 1. The van der Waals surface area contributed by atoms with E-state index in [2.05, 4.69) is 6.08 Å². The molecule has 0 saturated carbocycles. The van der Waals surface area contributed by atoms with Crippen LogP contribution in [0.3, 0.4) is 0 Å². The topological polar surface area (TPSA) is 37.4 Å². The van der Waals surface area contributed by atoms with Gasteiger partial charge in [-0.3, -0.25) is 14.5 Å². The molecule has 1 aliphatic heterocycles. The van der Waals surface area contributed by atoms with E-state index in [0.717, 1.165) is 5.56 Å². The van der Waals surface area contributed by atoms with Crippen LogP contribution in [-0.2, 0) is 9.59 Å². The number of carbonyl (C=O) groups is 2. The first-order valence-electron chi connectivity index (χ1n) is 7.12. The summed E-state index contributed by atoms with van der Waals surface area (Å²) < 4.78 is 0. The van der Waals surface area contributed by atoms with Crippen molar-refractivity contribution in [2.75, 3.05) is 4.90 Å². The van der Waals surface area contributed by atoms with Crippen LogP contribution in [0.5, 0.6) is 0 Å². The Morgan fingerprint density at radius 1 is 1.10 bits per heavy atom. The third-order valence-electron chi connectivity index (χ3n) is 4.62. The van der Waals surface area contributed by atoms with Gasteiger partial charge in [-0.15, -0.1) is 0 Å². The Hall–Kier alpha value is -1.90. The summed E-state index contributed by atoms with van der Waals surface area (Å²) in [5, 5.41) is 0.